The van der Waals surface area contributed by atoms with E-state index in [1.54, 1.807) is 0 Å². The number of hydrogen-bond acceptors (Lipinski definition) is 8. The fourth-order valence-electron chi connectivity index (χ4n) is 3.46. The number of nitrogens with zero attached hydrogens (tertiary/aromatic N) is 7. The van der Waals surface area contributed by atoms with Crippen LogP contribution in [0.4, 0.5) is 11.6 Å². The molecule has 0 amide bonds. The van der Waals surface area contributed by atoms with Crippen LogP contribution in [0.5, 0.6) is 0 Å². The first-order chi connectivity index (χ1) is 13.0. The van der Waals surface area contributed by atoms with Gasteiger partial charge in [-0.2, -0.15) is 5.10 Å². The van der Waals surface area contributed by atoms with Gasteiger partial charge in [0.25, 0.3) is 0 Å². The summed E-state index contributed by atoms with van der Waals surface area (Å²) in [5.41, 5.74) is 10.1. The van der Waals surface area contributed by atoms with Crippen molar-refractivity contribution in [1.29, 1.82) is 0 Å². The number of anilines is 2. The molecule has 2 N–H and O–H groups in total. The van der Waals surface area contributed by atoms with E-state index >= 15 is 0 Å². The monoisotopic (exact) mass is 368 g/mol. The number of aryl methyl sites for hydroxylation is 2. The van der Waals surface area contributed by atoms with E-state index < -0.39 is 0 Å². The van der Waals surface area contributed by atoms with Crippen molar-refractivity contribution in [3.8, 4) is 0 Å². The molecule has 27 heavy (non-hydrogen) atoms. The standard InChI is InChI=1S/C18H24N8O/c1-12-16(13(2)27-23-12)10-24(3)8-14-6-15-9-25(4-5-26(15)22-14)18-7-17(19)20-11-21-18/h6-7,11H,4-5,8-10H2,1-3H3,(H2,19,20,21). The van der Waals surface area contributed by atoms with E-state index in [-0.39, 0.29) is 0 Å². The molecule has 1 aliphatic rings. The summed E-state index contributed by atoms with van der Waals surface area (Å²) in [6, 6.07) is 3.98. The van der Waals surface area contributed by atoms with E-state index in [9.17, 15) is 0 Å². The zero-order chi connectivity index (χ0) is 19.0. The lowest BCUT2D eigenvalue weighted by atomic mass is 10.2. The Morgan fingerprint density at radius 3 is 2.78 bits per heavy atom. The van der Waals surface area contributed by atoms with Crippen LogP contribution in [-0.4, -0.2) is 43.4 Å². The molecular weight excluding hydrogens is 344 g/mol. The van der Waals surface area contributed by atoms with Gasteiger partial charge in [0.1, 0.15) is 23.7 Å². The number of hydrogen-bond donors (Lipinski definition) is 1. The third-order valence-electron chi connectivity index (χ3n) is 4.89. The van der Waals surface area contributed by atoms with Gasteiger partial charge in [0.2, 0.25) is 0 Å². The molecule has 0 spiro atoms. The average Bonchev–Trinajstić information content (AvgIpc) is 3.18. The third-order valence-corrected chi connectivity index (χ3v) is 4.89. The van der Waals surface area contributed by atoms with Gasteiger partial charge in [0.15, 0.2) is 0 Å². The van der Waals surface area contributed by atoms with E-state index in [1.807, 2.05) is 19.9 Å². The predicted molar refractivity (Wildman–Crippen MR) is 101 cm³/mol. The molecular formula is C18H24N8O. The van der Waals surface area contributed by atoms with Crippen molar-refractivity contribution < 1.29 is 4.52 Å². The topological polar surface area (TPSA) is 102 Å². The Kier molecular flexibility index (Phi) is 4.53. The maximum absolute atomic E-state index is 5.78. The second-order valence-corrected chi connectivity index (χ2v) is 7.05. The Bertz CT molecular complexity index is 927. The van der Waals surface area contributed by atoms with Crippen LogP contribution in [0, 0.1) is 13.8 Å². The number of aromatic nitrogens is 5. The Morgan fingerprint density at radius 1 is 1.19 bits per heavy atom. The predicted octanol–water partition coefficient (Wildman–Crippen LogP) is 1.51. The van der Waals surface area contributed by atoms with Crippen LogP contribution >= 0.6 is 0 Å². The summed E-state index contributed by atoms with van der Waals surface area (Å²) in [4.78, 5) is 12.7. The minimum absolute atomic E-state index is 0.487. The van der Waals surface area contributed by atoms with Gasteiger partial charge in [0.05, 0.1) is 30.2 Å². The van der Waals surface area contributed by atoms with Crippen molar-refractivity contribution >= 4 is 11.6 Å². The second kappa shape index (κ2) is 6.99. The van der Waals surface area contributed by atoms with Crippen molar-refractivity contribution in [2.24, 2.45) is 0 Å². The van der Waals surface area contributed by atoms with Crippen molar-refractivity contribution in [3.05, 3.63) is 46.9 Å². The molecule has 1 aliphatic heterocycles. The first-order valence-electron chi connectivity index (χ1n) is 8.98. The molecule has 3 aromatic rings. The molecule has 9 nitrogen and oxygen atoms in total. The molecule has 0 aromatic carbocycles. The molecule has 0 bridgehead atoms. The molecule has 4 rings (SSSR count). The number of nitrogen functional groups attached to an aromatic ring is 1. The zero-order valence-corrected chi connectivity index (χ0v) is 15.9. The first kappa shape index (κ1) is 17.5. The molecule has 3 aromatic heterocycles. The van der Waals surface area contributed by atoms with E-state index in [0.29, 0.717) is 5.82 Å². The van der Waals surface area contributed by atoms with E-state index in [1.165, 1.54) is 12.0 Å². The lowest BCUT2D eigenvalue weighted by Crippen LogP contribution is -2.34. The number of fused-ring (bicyclic) bond motifs is 1. The molecule has 0 atom stereocenters. The molecule has 0 radical (unpaired) electrons. The fraction of sp³-hybridized carbons (Fsp3) is 0.444. The largest absolute Gasteiger partial charge is 0.384 e. The van der Waals surface area contributed by atoms with E-state index in [4.69, 9.17) is 15.4 Å². The summed E-state index contributed by atoms with van der Waals surface area (Å²) in [7, 11) is 2.08. The van der Waals surface area contributed by atoms with Crippen LogP contribution in [0.3, 0.4) is 0 Å². The Hall–Kier alpha value is -2.94. The summed E-state index contributed by atoms with van der Waals surface area (Å²) in [6.07, 6.45) is 1.51. The van der Waals surface area contributed by atoms with Gasteiger partial charge in [-0.1, -0.05) is 5.16 Å². The summed E-state index contributed by atoms with van der Waals surface area (Å²) >= 11 is 0. The highest BCUT2D eigenvalue weighted by atomic mass is 16.5. The summed E-state index contributed by atoms with van der Waals surface area (Å²) in [6.45, 7) is 7.92. The molecule has 0 aliphatic carbocycles. The highest BCUT2D eigenvalue weighted by Gasteiger charge is 2.20. The van der Waals surface area contributed by atoms with E-state index in [2.05, 4.69) is 42.7 Å². The molecule has 9 heteroatoms. The van der Waals surface area contributed by atoms with Gasteiger partial charge >= 0.3 is 0 Å². The molecule has 142 valence electrons. The normalized spacial score (nSPS) is 14.0. The zero-order valence-electron chi connectivity index (χ0n) is 15.9. The van der Waals surface area contributed by atoms with E-state index in [0.717, 1.165) is 61.3 Å². The van der Waals surface area contributed by atoms with Crippen LogP contribution in [0.1, 0.15) is 28.4 Å². The summed E-state index contributed by atoms with van der Waals surface area (Å²) < 4.78 is 7.34. The molecule has 0 saturated carbocycles. The Balaban J connectivity index is 1.44. The highest BCUT2D eigenvalue weighted by Crippen LogP contribution is 2.21. The lowest BCUT2D eigenvalue weighted by molar-refractivity contribution is 0.309. The van der Waals surface area contributed by atoms with Gasteiger partial charge in [-0.15, -0.1) is 0 Å². The van der Waals surface area contributed by atoms with Crippen LogP contribution in [-0.2, 0) is 26.2 Å². The van der Waals surface area contributed by atoms with Gasteiger partial charge in [-0.3, -0.25) is 9.58 Å². The fourth-order valence-corrected chi connectivity index (χ4v) is 3.46. The maximum atomic E-state index is 5.78. The maximum Gasteiger partial charge on any atom is 0.138 e. The van der Waals surface area contributed by atoms with Gasteiger partial charge in [0, 0.05) is 31.3 Å². The quantitative estimate of drug-likeness (QED) is 0.723. The second-order valence-electron chi connectivity index (χ2n) is 7.05. The van der Waals surface area contributed by atoms with Crippen LogP contribution in [0.2, 0.25) is 0 Å². The van der Waals surface area contributed by atoms with Crippen LogP contribution < -0.4 is 10.6 Å². The van der Waals surface area contributed by atoms with Gasteiger partial charge < -0.3 is 15.2 Å². The van der Waals surface area contributed by atoms with Gasteiger partial charge in [-0.25, -0.2) is 9.97 Å². The summed E-state index contributed by atoms with van der Waals surface area (Å²) in [5, 5.41) is 8.79. The van der Waals surface area contributed by atoms with Gasteiger partial charge in [-0.05, 0) is 27.0 Å². The van der Waals surface area contributed by atoms with Crippen molar-refractivity contribution in [2.75, 3.05) is 24.2 Å². The van der Waals surface area contributed by atoms with Crippen molar-refractivity contribution in [2.45, 2.75) is 40.0 Å². The summed E-state index contributed by atoms with van der Waals surface area (Å²) in [5.74, 6) is 2.22. The van der Waals surface area contributed by atoms with Crippen LogP contribution in [0.15, 0.2) is 23.0 Å². The number of nitrogens with two attached hydrogens (primary N) is 1. The minimum atomic E-state index is 0.487. The molecule has 0 unspecified atom stereocenters. The van der Waals surface area contributed by atoms with Crippen LogP contribution in [0.25, 0.3) is 0 Å². The number of rotatable bonds is 5. The Morgan fingerprint density at radius 2 is 2.04 bits per heavy atom. The highest BCUT2D eigenvalue weighted by molar-refractivity contribution is 5.46. The first-order valence-corrected chi connectivity index (χ1v) is 8.98. The minimum Gasteiger partial charge on any atom is -0.384 e. The van der Waals surface area contributed by atoms with Crippen molar-refractivity contribution in [3.63, 3.8) is 0 Å². The average molecular weight is 368 g/mol. The third kappa shape index (κ3) is 3.63. The molecule has 0 fully saturated rings. The molecule has 4 heterocycles. The molecule has 0 saturated heterocycles. The van der Waals surface area contributed by atoms with Crippen molar-refractivity contribution in [1.82, 2.24) is 29.8 Å². The Labute approximate surface area is 157 Å². The smallest absolute Gasteiger partial charge is 0.138 e. The lowest BCUT2D eigenvalue weighted by Gasteiger charge is -2.28. The SMILES string of the molecule is Cc1noc(C)c1CN(C)Cc1cc2n(n1)CCN(c1cc(N)ncn1)C2.